The van der Waals surface area contributed by atoms with Crippen molar-refractivity contribution in [3.8, 4) is 0 Å². The fourth-order valence-electron chi connectivity index (χ4n) is 3.83. The first-order valence-corrected chi connectivity index (χ1v) is 8.95. The van der Waals surface area contributed by atoms with E-state index in [0.717, 1.165) is 42.4 Å². The molecule has 0 aliphatic carbocycles. The number of piperidine rings is 1. The van der Waals surface area contributed by atoms with Crippen LogP contribution in [0, 0.1) is 11.3 Å². The fraction of sp³-hybridized carbons (Fsp3) is 0.550. The highest BCUT2D eigenvalue weighted by molar-refractivity contribution is 5.86. The Morgan fingerprint density at radius 2 is 1.92 bits per heavy atom. The van der Waals surface area contributed by atoms with Crippen molar-refractivity contribution in [1.29, 1.82) is 0 Å². The van der Waals surface area contributed by atoms with Gasteiger partial charge >= 0.3 is 0 Å². The van der Waals surface area contributed by atoms with Gasteiger partial charge in [0.25, 0.3) is 0 Å². The standard InChI is InChI=1S/C20H29N3O.ClH/c1-20(2,3)15-8-10-23(11-9-15)19(24)17(21)12-14-13-22-18-7-5-4-6-16(14)18;/h4-7,13,15,17,22H,8-12,21H2,1-3H3;1H/t17-;/m0./s1. The second kappa shape index (κ2) is 7.79. The third-order valence-electron chi connectivity index (χ3n) is 5.46. The van der Waals surface area contributed by atoms with E-state index in [1.54, 1.807) is 0 Å². The van der Waals surface area contributed by atoms with Crippen LogP contribution in [-0.2, 0) is 11.2 Å². The summed E-state index contributed by atoms with van der Waals surface area (Å²) in [5, 5.41) is 1.16. The van der Waals surface area contributed by atoms with Gasteiger partial charge in [-0.15, -0.1) is 12.4 Å². The summed E-state index contributed by atoms with van der Waals surface area (Å²) in [6.07, 6.45) is 4.72. The Bertz CT molecular complexity index is 711. The van der Waals surface area contributed by atoms with Crippen LogP contribution in [-0.4, -0.2) is 34.9 Å². The first kappa shape index (κ1) is 19.8. The van der Waals surface area contributed by atoms with Crippen molar-refractivity contribution in [2.75, 3.05) is 13.1 Å². The van der Waals surface area contributed by atoms with Gasteiger partial charge in [0.2, 0.25) is 5.91 Å². The van der Waals surface area contributed by atoms with Gasteiger partial charge in [-0.25, -0.2) is 0 Å². The third-order valence-corrected chi connectivity index (χ3v) is 5.46. The molecule has 1 aromatic carbocycles. The van der Waals surface area contributed by atoms with Crippen LogP contribution in [0.3, 0.4) is 0 Å². The smallest absolute Gasteiger partial charge is 0.239 e. The van der Waals surface area contributed by atoms with E-state index >= 15 is 0 Å². The van der Waals surface area contributed by atoms with E-state index in [9.17, 15) is 4.79 Å². The van der Waals surface area contributed by atoms with Gasteiger partial charge in [0.1, 0.15) is 0 Å². The Labute approximate surface area is 156 Å². The highest BCUT2D eigenvalue weighted by Gasteiger charge is 2.32. The van der Waals surface area contributed by atoms with Crippen LogP contribution >= 0.6 is 12.4 Å². The molecule has 1 saturated heterocycles. The zero-order valence-electron chi connectivity index (χ0n) is 15.4. The van der Waals surface area contributed by atoms with E-state index in [4.69, 9.17) is 5.73 Å². The molecule has 1 aromatic heterocycles. The van der Waals surface area contributed by atoms with Gasteiger partial charge in [-0.2, -0.15) is 0 Å². The lowest BCUT2D eigenvalue weighted by Gasteiger charge is -2.39. The molecular weight excluding hydrogens is 334 g/mol. The minimum Gasteiger partial charge on any atom is -0.361 e. The zero-order valence-corrected chi connectivity index (χ0v) is 16.2. The summed E-state index contributed by atoms with van der Waals surface area (Å²) >= 11 is 0. The Morgan fingerprint density at radius 3 is 2.56 bits per heavy atom. The molecule has 0 radical (unpaired) electrons. The number of hydrogen-bond donors (Lipinski definition) is 2. The molecule has 1 amide bonds. The topological polar surface area (TPSA) is 62.1 Å². The van der Waals surface area contributed by atoms with Gasteiger partial charge in [0.05, 0.1) is 6.04 Å². The maximum atomic E-state index is 12.7. The summed E-state index contributed by atoms with van der Waals surface area (Å²) in [6, 6.07) is 7.68. The summed E-state index contributed by atoms with van der Waals surface area (Å²) in [4.78, 5) is 17.9. The summed E-state index contributed by atoms with van der Waals surface area (Å²) in [7, 11) is 0. The Hall–Kier alpha value is -1.52. The van der Waals surface area contributed by atoms with Crippen LogP contribution in [0.5, 0.6) is 0 Å². The van der Waals surface area contributed by atoms with Gasteiger partial charge in [-0.1, -0.05) is 39.0 Å². The number of nitrogens with one attached hydrogen (secondary N) is 1. The number of nitrogens with zero attached hydrogens (tertiary/aromatic N) is 1. The zero-order chi connectivity index (χ0) is 17.3. The highest BCUT2D eigenvalue weighted by Crippen LogP contribution is 2.34. The molecule has 4 nitrogen and oxygen atoms in total. The first-order chi connectivity index (χ1) is 11.4. The lowest BCUT2D eigenvalue weighted by Crippen LogP contribution is -2.49. The molecule has 0 spiro atoms. The Kier molecular flexibility index (Phi) is 6.17. The molecule has 1 atom stereocenters. The van der Waals surface area contributed by atoms with E-state index in [1.165, 1.54) is 0 Å². The van der Waals surface area contributed by atoms with Crippen molar-refractivity contribution >= 4 is 29.2 Å². The van der Waals surface area contributed by atoms with E-state index in [2.05, 4.69) is 31.8 Å². The molecule has 25 heavy (non-hydrogen) atoms. The molecule has 3 rings (SSSR count). The number of halogens is 1. The molecule has 0 saturated carbocycles. The lowest BCUT2D eigenvalue weighted by atomic mass is 9.75. The SMILES string of the molecule is CC(C)(C)C1CCN(C(=O)[C@@H](N)Cc2c[nH]c3ccccc23)CC1.Cl. The number of benzene rings is 1. The molecule has 3 N–H and O–H groups in total. The number of H-pyrrole nitrogens is 1. The van der Waals surface area contributed by atoms with E-state index in [0.29, 0.717) is 17.8 Å². The van der Waals surface area contributed by atoms with Crippen LogP contribution < -0.4 is 5.73 Å². The Morgan fingerprint density at radius 1 is 1.28 bits per heavy atom. The number of hydrogen-bond acceptors (Lipinski definition) is 2. The molecule has 5 heteroatoms. The second-order valence-electron chi connectivity index (χ2n) is 8.14. The third kappa shape index (κ3) is 4.36. The van der Waals surface area contributed by atoms with Gasteiger partial charge in [0, 0.05) is 30.2 Å². The van der Waals surface area contributed by atoms with Gasteiger partial charge in [-0.05, 0) is 42.2 Å². The number of aromatic nitrogens is 1. The minimum absolute atomic E-state index is 0. The van der Waals surface area contributed by atoms with E-state index in [1.807, 2.05) is 29.3 Å². The van der Waals surface area contributed by atoms with Crippen molar-refractivity contribution in [2.45, 2.75) is 46.1 Å². The molecule has 0 unspecified atom stereocenters. The summed E-state index contributed by atoms with van der Waals surface area (Å²) in [5.74, 6) is 0.777. The molecule has 0 bridgehead atoms. The number of carbonyl (C=O) groups excluding carboxylic acids is 1. The molecule has 138 valence electrons. The number of amides is 1. The summed E-state index contributed by atoms with van der Waals surface area (Å²) in [5.41, 5.74) is 8.78. The lowest BCUT2D eigenvalue weighted by molar-refractivity contribution is -0.134. The number of aromatic amines is 1. The Balaban J connectivity index is 0.00000225. The average Bonchev–Trinajstić information content (AvgIpc) is 2.96. The monoisotopic (exact) mass is 363 g/mol. The van der Waals surface area contributed by atoms with Crippen LogP contribution in [0.25, 0.3) is 10.9 Å². The molecule has 2 aromatic rings. The van der Waals surface area contributed by atoms with Gasteiger partial charge < -0.3 is 15.6 Å². The van der Waals surface area contributed by atoms with Crippen LogP contribution in [0.2, 0.25) is 0 Å². The van der Waals surface area contributed by atoms with Crippen molar-refractivity contribution < 1.29 is 4.79 Å². The normalized spacial score (nSPS) is 17.4. The van der Waals surface area contributed by atoms with Crippen molar-refractivity contribution in [3.05, 3.63) is 36.0 Å². The minimum atomic E-state index is -0.463. The van der Waals surface area contributed by atoms with Crippen LogP contribution in [0.4, 0.5) is 0 Å². The van der Waals surface area contributed by atoms with E-state index < -0.39 is 6.04 Å². The number of para-hydroxylation sites is 1. The molecular formula is C20H30ClN3O. The fourth-order valence-corrected chi connectivity index (χ4v) is 3.83. The van der Waals surface area contributed by atoms with Gasteiger partial charge in [-0.3, -0.25) is 4.79 Å². The number of carbonyl (C=O) groups is 1. The van der Waals surface area contributed by atoms with Gasteiger partial charge in [0.15, 0.2) is 0 Å². The quantitative estimate of drug-likeness (QED) is 0.872. The first-order valence-electron chi connectivity index (χ1n) is 8.95. The maximum absolute atomic E-state index is 12.7. The molecule has 1 aliphatic rings. The number of likely N-dealkylation sites (tertiary alicyclic amines) is 1. The van der Waals surface area contributed by atoms with E-state index in [-0.39, 0.29) is 18.3 Å². The van der Waals surface area contributed by atoms with Crippen molar-refractivity contribution in [2.24, 2.45) is 17.1 Å². The maximum Gasteiger partial charge on any atom is 0.239 e. The number of fused-ring (bicyclic) bond motifs is 1. The highest BCUT2D eigenvalue weighted by atomic mass is 35.5. The summed E-state index contributed by atoms with van der Waals surface area (Å²) in [6.45, 7) is 8.54. The average molecular weight is 364 g/mol. The largest absolute Gasteiger partial charge is 0.361 e. The second-order valence-corrected chi connectivity index (χ2v) is 8.14. The molecule has 1 fully saturated rings. The van der Waals surface area contributed by atoms with Crippen LogP contribution in [0.15, 0.2) is 30.5 Å². The number of nitrogens with two attached hydrogens (primary N) is 1. The molecule has 1 aliphatic heterocycles. The molecule has 2 heterocycles. The van der Waals surface area contributed by atoms with Crippen LogP contribution in [0.1, 0.15) is 39.2 Å². The summed E-state index contributed by atoms with van der Waals surface area (Å²) < 4.78 is 0. The predicted octanol–water partition coefficient (Wildman–Crippen LogP) is 3.74. The van der Waals surface area contributed by atoms with Crippen molar-refractivity contribution in [1.82, 2.24) is 9.88 Å². The number of rotatable bonds is 3. The predicted molar refractivity (Wildman–Crippen MR) is 106 cm³/mol. The van der Waals surface area contributed by atoms with Crippen molar-refractivity contribution in [3.63, 3.8) is 0 Å².